The summed E-state index contributed by atoms with van der Waals surface area (Å²) in [6, 6.07) is 0.623. The Kier molecular flexibility index (Phi) is 9.85. The molecule has 0 aliphatic heterocycles. The van der Waals surface area contributed by atoms with Crippen LogP contribution in [0.1, 0.15) is 32.0 Å². The lowest BCUT2D eigenvalue weighted by Crippen LogP contribution is -2.40. The molecule has 1 aliphatic rings. The highest BCUT2D eigenvalue weighted by atomic mass is 127. The van der Waals surface area contributed by atoms with Crippen molar-refractivity contribution in [3.05, 3.63) is 12.2 Å². The second-order valence-electron chi connectivity index (χ2n) is 5.22. The molecule has 1 aromatic heterocycles. The molecule has 0 bridgehead atoms. The number of rotatable bonds is 9. The maximum absolute atomic E-state index is 4.64. The maximum Gasteiger partial charge on any atom is 0.191 e. The SMILES string of the molecule is CCc1nncn1CCNC(=NCCCSC)NC1CC1.I. The molecule has 0 aromatic carbocycles. The average molecular weight is 438 g/mol. The molecule has 8 heteroatoms. The fourth-order valence-corrected chi connectivity index (χ4v) is 2.43. The van der Waals surface area contributed by atoms with Crippen molar-refractivity contribution in [2.24, 2.45) is 4.99 Å². The van der Waals surface area contributed by atoms with Gasteiger partial charge in [-0.15, -0.1) is 34.2 Å². The van der Waals surface area contributed by atoms with Crippen molar-refractivity contribution in [3.63, 3.8) is 0 Å². The van der Waals surface area contributed by atoms with Crippen LogP contribution >= 0.6 is 35.7 Å². The number of nitrogens with one attached hydrogen (secondary N) is 2. The zero-order chi connectivity index (χ0) is 14.9. The average Bonchev–Trinajstić information content (AvgIpc) is 3.19. The molecule has 1 saturated carbocycles. The van der Waals surface area contributed by atoms with E-state index in [2.05, 4.69) is 43.6 Å². The summed E-state index contributed by atoms with van der Waals surface area (Å²) in [5, 5.41) is 14.9. The summed E-state index contributed by atoms with van der Waals surface area (Å²) in [6.07, 6.45) is 8.49. The molecule has 0 unspecified atom stereocenters. The fourth-order valence-electron chi connectivity index (χ4n) is 2.01. The lowest BCUT2D eigenvalue weighted by Gasteiger charge is -2.12. The molecule has 126 valence electrons. The Bertz CT molecular complexity index is 446. The number of aryl methyl sites for hydroxylation is 1. The van der Waals surface area contributed by atoms with Crippen LogP contribution in [0.5, 0.6) is 0 Å². The van der Waals surface area contributed by atoms with Crippen LogP contribution in [0, 0.1) is 0 Å². The third-order valence-corrected chi connectivity index (χ3v) is 4.05. The first-order chi connectivity index (χ1) is 10.3. The number of hydrogen-bond acceptors (Lipinski definition) is 4. The molecule has 0 radical (unpaired) electrons. The van der Waals surface area contributed by atoms with Gasteiger partial charge in [-0.2, -0.15) is 11.8 Å². The van der Waals surface area contributed by atoms with E-state index in [0.717, 1.165) is 44.3 Å². The van der Waals surface area contributed by atoms with E-state index < -0.39 is 0 Å². The highest BCUT2D eigenvalue weighted by molar-refractivity contribution is 14.0. The van der Waals surface area contributed by atoms with Crippen LogP contribution in [0.2, 0.25) is 0 Å². The summed E-state index contributed by atoms with van der Waals surface area (Å²) in [4.78, 5) is 4.64. The normalized spacial score (nSPS) is 14.5. The smallest absolute Gasteiger partial charge is 0.191 e. The Hall–Kier alpha value is -0.510. The van der Waals surface area contributed by atoms with Gasteiger partial charge >= 0.3 is 0 Å². The van der Waals surface area contributed by atoms with Crippen LogP contribution in [-0.4, -0.2) is 51.9 Å². The molecule has 0 amide bonds. The van der Waals surface area contributed by atoms with Crippen molar-refractivity contribution in [1.82, 2.24) is 25.4 Å². The van der Waals surface area contributed by atoms with Gasteiger partial charge < -0.3 is 15.2 Å². The molecule has 22 heavy (non-hydrogen) atoms. The maximum atomic E-state index is 4.64. The molecule has 1 fully saturated rings. The van der Waals surface area contributed by atoms with Crippen LogP contribution in [0.4, 0.5) is 0 Å². The number of halogens is 1. The van der Waals surface area contributed by atoms with Gasteiger partial charge in [0.1, 0.15) is 12.2 Å². The van der Waals surface area contributed by atoms with Crippen molar-refractivity contribution >= 4 is 41.7 Å². The minimum atomic E-state index is 0. The second kappa shape index (κ2) is 11.1. The van der Waals surface area contributed by atoms with E-state index in [1.54, 1.807) is 6.33 Å². The molecule has 6 nitrogen and oxygen atoms in total. The van der Waals surface area contributed by atoms with Gasteiger partial charge in [-0.3, -0.25) is 4.99 Å². The highest BCUT2D eigenvalue weighted by Gasteiger charge is 2.22. The minimum Gasteiger partial charge on any atom is -0.355 e. The summed E-state index contributed by atoms with van der Waals surface area (Å²) >= 11 is 1.87. The first-order valence-corrected chi connectivity index (χ1v) is 9.13. The van der Waals surface area contributed by atoms with Crippen molar-refractivity contribution < 1.29 is 0 Å². The highest BCUT2D eigenvalue weighted by Crippen LogP contribution is 2.18. The number of aromatic nitrogens is 3. The minimum absolute atomic E-state index is 0. The molecule has 1 heterocycles. The number of guanidine groups is 1. The predicted molar refractivity (Wildman–Crippen MR) is 104 cm³/mol. The van der Waals surface area contributed by atoms with Crippen molar-refractivity contribution in [1.29, 1.82) is 0 Å². The predicted octanol–water partition coefficient (Wildman–Crippen LogP) is 1.91. The number of aliphatic imine (C=N–C) groups is 1. The zero-order valence-electron chi connectivity index (χ0n) is 13.4. The van der Waals surface area contributed by atoms with Crippen LogP contribution in [0.25, 0.3) is 0 Å². The summed E-state index contributed by atoms with van der Waals surface area (Å²) in [7, 11) is 0. The third-order valence-electron chi connectivity index (χ3n) is 3.35. The van der Waals surface area contributed by atoms with Gasteiger partial charge in [-0.1, -0.05) is 6.92 Å². The fraction of sp³-hybridized carbons (Fsp3) is 0.786. The Balaban J connectivity index is 0.00000242. The molecule has 0 atom stereocenters. The lowest BCUT2D eigenvalue weighted by atomic mass is 10.4. The van der Waals surface area contributed by atoms with Crippen molar-refractivity contribution in [3.8, 4) is 0 Å². The molecule has 1 aromatic rings. The largest absolute Gasteiger partial charge is 0.355 e. The lowest BCUT2D eigenvalue weighted by molar-refractivity contribution is 0.631. The second-order valence-corrected chi connectivity index (χ2v) is 6.20. The van der Waals surface area contributed by atoms with Gasteiger partial charge in [0, 0.05) is 32.1 Å². The third kappa shape index (κ3) is 7.17. The van der Waals surface area contributed by atoms with Crippen molar-refractivity contribution in [2.45, 2.75) is 45.2 Å². The first-order valence-electron chi connectivity index (χ1n) is 7.74. The summed E-state index contributed by atoms with van der Waals surface area (Å²) in [6.45, 7) is 4.69. The van der Waals surface area contributed by atoms with E-state index in [0.29, 0.717) is 6.04 Å². The molecule has 2 rings (SSSR count). The van der Waals surface area contributed by atoms with Gasteiger partial charge in [0.05, 0.1) is 0 Å². The zero-order valence-corrected chi connectivity index (χ0v) is 16.6. The van der Waals surface area contributed by atoms with Crippen LogP contribution in [0.15, 0.2) is 11.3 Å². The molecular weight excluding hydrogens is 411 g/mol. The number of nitrogens with zero attached hydrogens (tertiary/aromatic N) is 4. The Morgan fingerprint density at radius 2 is 2.32 bits per heavy atom. The first kappa shape index (κ1) is 19.5. The molecule has 0 saturated heterocycles. The van der Waals surface area contributed by atoms with Gasteiger partial charge in [0.25, 0.3) is 0 Å². The van der Waals surface area contributed by atoms with Gasteiger partial charge in [-0.25, -0.2) is 0 Å². The van der Waals surface area contributed by atoms with E-state index in [9.17, 15) is 0 Å². The van der Waals surface area contributed by atoms with Gasteiger partial charge in [0.15, 0.2) is 5.96 Å². The monoisotopic (exact) mass is 438 g/mol. The van der Waals surface area contributed by atoms with Crippen LogP contribution in [0.3, 0.4) is 0 Å². The van der Waals surface area contributed by atoms with Gasteiger partial charge in [-0.05, 0) is 31.3 Å². The molecule has 0 spiro atoms. The Morgan fingerprint density at radius 1 is 1.50 bits per heavy atom. The topological polar surface area (TPSA) is 67.1 Å². The van der Waals surface area contributed by atoms with E-state index >= 15 is 0 Å². The number of hydrogen-bond donors (Lipinski definition) is 2. The standard InChI is InChI=1S/C14H26N6S.HI/c1-3-13-19-17-11-20(13)9-8-16-14(18-12-5-6-12)15-7-4-10-21-2;/h11-12H,3-10H2,1-2H3,(H2,15,16,18);1H. The summed E-state index contributed by atoms with van der Waals surface area (Å²) in [5.41, 5.74) is 0. The molecule has 1 aliphatic carbocycles. The van der Waals surface area contributed by atoms with Crippen molar-refractivity contribution in [2.75, 3.05) is 25.1 Å². The van der Waals surface area contributed by atoms with E-state index in [1.165, 1.54) is 18.6 Å². The quantitative estimate of drug-likeness (QED) is 0.267. The molecule has 2 N–H and O–H groups in total. The van der Waals surface area contributed by atoms with E-state index in [-0.39, 0.29) is 24.0 Å². The van der Waals surface area contributed by atoms with E-state index in [1.807, 2.05) is 11.8 Å². The Morgan fingerprint density at radius 3 is 3.00 bits per heavy atom. The van der Waals surface area contributed by atoms with Gasteiger partial charge in [0.2, 0.25) is 0 Å². The summed E-state index contributed by atoms with van der Waals surface area (Å²) < 4.78 is 2.09. The Labute approximate surface area is 154 Å². The van der Waals surface area contributed by atoms with Crippen LogP contribution in [-0.2, 0) is 13.0 Å². The summed E-state index contributed by atoms with van der Waals surface area (Å²) in [5.74, 6) is 3.15. The number of thioether (sulfide) groups is 1. The molecular formula is C14H27IN6S. The van der Waals surface area contributed by atoms with E-state index in [4.69, 9.17) is 0 Å². The van der Waals surface area contributed by atoms with Crippen LogP contribution < -0.4 is 10.6 Å².